The molecule has 0 bridgehead atoms. The number of anilines is 1. The van der Waals surface area contributed by atoms with Crippen LogP contribution in [0.5, 0.6) is 5.75 Å². The zero-order valence-electron chi connectivity index (χ0n) is 17.1. The number of nitrogen functional groups attached to an aromatic ring is 1. The molecule has 33 heavy (non-hydrogen) atoms. The first-order chi connectivity index (χ1) is 15.9. The van der Waals surface area contributed by atoms with E-state index in [4.69, 9.17) is 16.2 Å². The predicted octanol–water partition coefficient (Wildman–Crippen LogP) is 0.979. The van der Waals surface area contributed by atoms with Crippen LogP contribution in [0, 0.1) is 0 Å². The van der Waals surface area contributed by atoms with E-state index in [0.29, 0.717) is 22.0 Å². The number of hydrogen-bond acceptors (Lipinski definition) is 11. The van der Waals surface area contributed by atoms with Gasteiger partial charge in [-0.3, -0.25) is 9.59 Å². The highest BCUT2D eigenvalue weighted by atomic mass is 32.1. The average Bonchev–Trinajstić information content (AvgIpc) is 3.56. The highest BCUT2D eigenvalue weighted by Crippen LogP contribution is 2.29. The lowest BCUT2D eigenvalue weighted by Crippen LogP contribution is -2.21. The number of nitrogens with two attached hydrogens (primary N) is 2. The fourth-order valence-corrected chi connectivity index (χ4v) is 3.51. The second-order valence-electron chi connectivity index (χ2n) is 6.57. The number of hydrogen-bond donors (Lipinski definition) is 3. The highest BCUT2D eigenvalue weighted by Gasteiger charge is 2.25. The lowest BCUT2D eigenvalue weighted by Gasteiger charge is -2.06. The molecule has 3 heterocycles. The average molecular weight is 467 g/mol. The van der Waals surface area contributed by atoms with Gasteiger partial charge in [-0.2, -0.15) is 9.78 Å². The minimum Gasteiger partial charge on any atom is -0.484 e. The summed E-state index contributed by atoms with van der Waals surface area (Å²) in [5.41, 5.74) is 15.0. The van der Waals surface area contributed by atoms with Crippen molar-refractivity contribution in [2.24, 2.45) is 10.8 Å². The molecule has 13 nitrogen and oxygen atoms in total. The Morgan fingerprint density at radius 1 is 1.24 bits per heavy atom. The first-order valence-electron chi connectivity index (χ1n) is 9.38. The zero-order valence-corrected chi connectivity index (χ0v) is 17.9. The van der Waals surface area contributed by atoms with Crippen molar-refractivity contribution in [1.29, 1.82) is 0 Å². The number of ether oxygens (including phenoxy) is 1. The van der Waals surface area contributed by atoms with Gasteiger partial charge in [-0.25, -0.2) is 10.1 Å². The van der Waals surface area contributed by atoms with Gasteiger partial charge in [-0.1, -0.05) is 11.3 Å². The second kappa shape index (κ2) is 9.27. The second-order valence-corrected chi connectivity index (χ2v) is 7.51. The maximum absolute atomic E-state index is 12.9. The summed E-state index contributed by atoms with van der Waals surface area (Å²) in [6.45, 7) is 1.50. The maximum atomic E-state index is 12.9. The van der Waals surface area contributed by atoms with Gasteiger partial charge in [0, 0.05) is 0 Å². The predicted molar refractivity (Wildman–Crippen MR) is 118 cm³/mol. The summed E-state index contributed by atoms with van der Waals surface area (Å²) in [7, 11) is 0. The van der Waals surface area contributed by atoms with Crippen molar-refractivity contribution in [2.45, 2.75) is 6.92 Å². The minimum absolute atomic E-state index is 0.00165. The number of hydrazone groups is 1. The van der Waals surface area contributed by atoms with Crippen LogP contribution in [-0.2, 0) is 4.79 Å². The number of thiophene rings is 1. The van der Waals surface area contributed by atoms with Crippen molar-refractivity contribution >= 4 is 34.7 Å². The number of aromatic nitrogens is 5. The molecule has 4 rings (SSSR count). The molecule has 14 heteroatoms. The van der Waals surface area contributed by atoms with E-state index in [2.05, 4.69) is 35.8 Å². The molecule has 2 amide bonds. The molecule has 0 radical (unpaired) electrons. The normalized spacial score (nSPS) is 11.4. The van der Waals surface area contributed by atoms with Gasteiger partial charge in [-0.15, -0.1) is 16.4 Å². The van der Waals surface area contributed by atoms with Crippen molar-refractivity contribution in [1.82, 2.24) is 30.7 Å². The lowest BCUT2D eigenvalue weighted by molar-refractivity contribution is -0.119. The molecule has 168 valence electrons. The van der Waals surface area contributed by atoms with Crippen molar-refractivity contribution in [3.63, 3.8) is 0 Å². The number of carbonyl (C=O) groups excluding carboxylic acids is 2. The maximum Gasteiger partial charge on any atom is 0.294 e. The molecule has 0 unspecified atom stereocenters. The van der Waals surface area contributed by atoms with Gasteiger partial charge in [0.25, 0.3) is 11.8 Å². The van der Waals surface area contributed by atoms with E-state index in [-0.39, 0.29) is 23.9 Å². The van der Waals surface area contributed by atoms with E-state index < -0.39 is 11.8 Å². The molecular formula is C19H17N9O4S. The van der Waals surface area contributed by atoms with E-state index >= 15 is 0 Å². The van der Waals surface area contributed by atoms with Crippen LogP contribution in [-0.4, -0.2) is 49.4 Å². The molecule has 5 N–H and O–H groups in total. The molecule has 0 saturated carbocycles. The third-order valence-electron chi connectivity index (χ3n) is 4.31. The van der Waals surface area contributed by atoms with Crippen LogP contribution >= 0.6 is 11.3 Å². The standard InChI is InChI=1S/C19H17N9O4S/c1-10(11-4-6-12(7-5-11)31-9-14(20)29)22-24-19(30)15-16(13-3-2-8-33-13)28(27-23-15)18-17(21)25-32-26-18/h2-8H,9H2,1H3,(H2,20,29)(H2,21,25)(H,24,30). The molecule has 0 spiro atoms. The van der Waals surface area contributed by atoms with Gasteiger partial charge in [0.2, 0.25) is 11.6 Å². The first-order valence-corrected chi connectivity index (χ1v) is 10.3. The fraction of sp³-hybridized carbons (Fsp3) is 0.105. The van der Waals surface area contributed by atoms with Gasteiger partial charge < -0.3 is 16.2 Å². The number of primary amides is 1. The van der Waals surface area contributed by atoms with Gasteiger partial charge in [0.05, 0.1) is 10.6 Å². The molecule has 0 saturated heterocycles. The molecule has 0 aliphatic rings. The van der Waals surface area contributed by atoms with Crippen molar-refractivity contribution in [2.75, 3.05) is 12.3 Å². The van der Waals surface area contributed by atoms with Gasteiger partial charge in [0.15, 0.2) is 12.3 Å². The molecule has 3 aromatic heterocycles. The monoisotopic (exact) mass is 467 g/mol. The Bertz CT molecular complexity index is 1310. The quantitative estimate of drug-likeness (QED) is 0.250. The third kappa shape index (κ3) is 4.69. The molecule has 0 aliphatic heterocycles. The number of nitrogens with zero attached hydrogens (tertiary/aromatic N) is 6. The van der Waals surface area contributed by atoms with Gasteiger partial charge in [-0.05, 0) is 58.5 Å². The number of rotatable bonds is 8. The van der Waals surface area contributed by atoms with Crippen molar-refractivity contribution in [3.05, 3.63) is 53.0 Å². The lowest BCUT2D eigenvalue weighted by atomic mass is 10.1. The largest absolute Gasteiger partial charge is 0.484 e. The van der Waals surface area contributed by atoms with Crippen LogP contribution in [0.15, 0.2) is 51.5 Å². The zero-order chi connectivity index (χ0) is 23.4. The summed E-state index contributed by atoms with van der Waals surface area (Å²) in [5, 5.41) is 21.2. The van der Waals surface area contributed by atoms with Crippen molar-refractivity contribution in [3.8, 4) is 22.1 Å². The molecule has 4 aromatic rings. The Morgan fingerprint density at radius 3 is 2.67 bits per heavy atom. The van der Waals surface area contributed by atoms with Crippen LogP contribution in [0.1, 0.15) is 23.0 Å². The third-order valence-corrected chi connectivity index (χ3v) is 5.19. The van der Waals surface area contributed by atoms with Crippen LogP contribution in [0.3, 0.4) is 0 Å². The number of benzene rings is 1. The first kappa shape index (κ1) is 21.6. The molecule has 0 fully saturated rings. The Morgan fingerprint density at radius 2 is 2.03 bits per heavy atom. The topological polar surface area (TPSA) is 189 Å². The summed E-state index contributed by atoms with van der Waals surface area (Å²) in [4.78, 5) is 24.4. The SMILES string of the molecule is CC(=NNC(=O)c1nnn(-c2nonc2N)c1-c1cccs1)c1ccc(OCC(N)=O)cc1. The Kier molecular flexibility index (Phi) is 6.08. The van der Waals surface area contributed by atoms with E-state index in [9.17, 15) is 9.59 Å². The Labute approximate surface area is 190 Å². The van der Waals surface area contributed by atoms with Crippen LogP contribution in [0.4, 0.5) is 5.82 Å². The Balaban J connectivity index is 1.55. The molecule has 0 aliphatic carbocycles. The van der Waals surface area contributed by atoms with Crippen molar-refractivity contribution < 1.29 is 19.0 Å². The summed E-state index contributed by atoms with van der Waals surface area (Å²) in [6, 6.07) is 10.4. The summed E-state index contributed by atoms with van der Waals surface area (Å²) >= 11 is 1.38. The van der Waals surface area contributed by atoms with E-state index in [1.165, 1.54) is 16.0 Å². The number of amides is 2. The van der Waals surface area contributed by atoms with Crippen LogP contribution in [0.25, 0.3) is 16.4 Å². The van der Waals surface area contributed by atoms with Crippen LogP contribution in [0.2, 0.25) is 0 Å². The minimum atomic E-state index is -0.583. The van der Waals surface area contributed by atoms with Gasteiger partial charge >= 0.3 is 0 Å². The summed E-state index contributed by atoms with van der Waals surface area (Å²) < 4.78 is 11.1. The summed E-state index contributed by atoms with van der Waals surface area (Å²) in [6.07, 6.45) is 0. The molecule has 0 atom stereocenters. The fourth-order valence-electron chi connectivity index (χ4n) is 2.75. The van der Waals surface area contributed by atoms with E-state index in [1.54, 1.807) is 37.3 Å². The van der Waals surface area contributed by atoms with Gasteiger partial charge in [0.1, 0.15) is 11.4 Å². The highest BCUT2D eigenvalue weighted by molar-refractivity contribution is 7.13. The Hall–Kier alpha value is -4.59. The summed E-state index contributed by atoms with van der Waals surface area (Å²) in [5.74, 6) is -0.556. The van der Waals surface area contributed by atoms with Crippen LogP contribution < -0.4 is 21.6 Å². The smallest absolute Gasteiger partial charge is 0.294 e. The number of carbonyl (C=O) groups is 2. The van der Waals surface area contributed by atoms with E-state index in [1.807, 2.05) is 11.4 Å². The molecular weight excluding hydrogens is 450 g/mol. The molecule has 1 aromatic carbocycles. The van der Waals surface area contributed by atoms with E-state index in [0.717, 1.165) is 5.56 Å². The number of nitrogens with one attached hydrogen (secondary N) is 1.